The van der Waals surface area contributed by atoms with Crippen molar-refractivity contribution < 1.29 is 0 Å². The van der Waals surface area contributed by atoms with Crippen LogP contribution in [-0.4, -0.2) is 18.5 Å². The third kappa shape index (κ3) is 3.05. The van der Waals surface area contributed by atoms with E-state index in [-0.39, 0.29) is 0 Å². The Morgan fingerprint density at radius 1 is 1.25 bits per heavy atom. The van der Waals surface area contributed by atoms with Crippen LogP contribution in [0.2, 0.25) is 0 Å². The van der Waals surface area contributed by atoms with Gasteiger partial charge in [-0.15, -0.1) is 0 Å². The summed E-state index contributed by atoms with van der Waals surface area (Å²) in [4.78, 5) is 2.29. The van der Waals surface area contributed by atoms with Crippen molar-refractivity contribution >= 4 is 0 Å². The predicted octanol–water partition coefficient (Wildman–Crippen LogP) is 2.34. The Bertz CT molecular complexity index is 206. The van der Waals surface area contributed by atoms with Gasteiger partial charge < -0.3 is 4.90 Å². The monoisotopic (exact) mass is 162 g/mol. The molecule has 0 unspecified atom stereocenters. The lowest BCUT2D eigenvalue weighted by Crippen LogP contribution is -2.18. The van der Waals surface area contributed by atoms with Crippen molar-refractivity contribution in [1.82, 2.24) is 4.90 Å². The molecular weight excluding hydrogens is 146 g/mol. The van der Waals surface area contributed by atoms with Crippen LogP contribution in [0.1, 0.15) is 12.5 Å². The largest absolute Gasteiger partial charge is 0.302 e. The van der Waals surface area contributed by atoms with Gasteiger partial charge in [-0.2, -0.15) is 0 Å². The molecule has 0 aliphatic rings. The topological polar surface area (TPSA) is 3.24 Å². The maximum absolute atomic E-state index is 2.29. The molecule has 0 aromatic heterocycles. The van der Waals surface area contributed by atoms with Crippen molar-refractivity contribution in [2.75, 3.05) is 13.6 Å². The first-order valence-electron chi connectivity index (χ1n) is 4.33. The summed E-state index contributed by atoms with van der Waals surface area (Å²) in [6.45, 7) is 4.17. The lowest BCUT2D eigenvalue weighted by atomic mass is 10.2. The zero-order chi connectivity index (χ0) is 8.81. The average molecular weight is 162 g/mol. The molecule has 0 aliphatic carbocycles. The van der Waals surface area contributed by atoms with Gasteiger partial charge in [0.2, 0.25) is 0 Å². The summed E-state index contributed by atoms with van der Waals surface area (Å²) < 4.78 is 0. The van der Waals surface area contributed by atoms with Gasteiger partial charge >= 0.3 is 0 Å². The van der Waals surface area contributed by atoms with E-state index in [1.165, 1.54) is 5.56 Å². The van der Waals surface area contributed by atoms with Crippen LogP contribution < -0.4 is 0 Å². The number of nitrogens with zero attached hydrogens (tertiary/aromatic N) is 1. The van der Waals surface area contributed by atoms with Crippen LogP contribution in [0.15, 0.2) is 30.3 Å². The Morgan fingerprint density at radius 3 is 2.50 bits per heavy atom. The van der Waals surface area contributed by atoms with Crippen LogP contribution >= 0.6 is 0 Å². The van der Waals surface area contributed by atoms with Gasteiger partial charge in [0.1, 0.15) is 0 Å². The highest BCUT2D eigenvalue weighted by atomic mass is 15.1. The molecule has 0 atom stereocenters. The summed E-state index contributed by atoms with van der Waals surface area (Å²) >= 11 is 0. The standard InChI is InChI=1S/C11H16N/c1-3-9-12(2)10-11-7-5-4-6-8-11/h3-8H,9-10H2,1-2H3. The minimum atomic E-state index is 1.03. The molecule has 0 N–H and O–H groups in total. The van der Waals surface area contributed by atoms with Gasteiger partial charge in [-0.05, 0) is 19.0 Å². The minimum absolute atomic E-state index is 1.03. The fraction of sp³-hybridized carbons (Fsp3) is 0.364. The molecule has 0 saturated carbocycles. The van der Waals surface area contributed by atoms with Crippen molar-refractivity contribution in [3.05, 3.63) is 42.3 Å². The van der Waals surface area contributed by atoms with Crippen molar-refractivity contribution in [3.63, 3.8) is 0 Å². The van der Waals surface area contributed by atoms with Crippen molar-refractivity contribution in [1.29, 1.82) is 0 Å². The van der Waals surface area contributed by atoms with E-state index in [4.69, 9.17) is 0 Å². The van der Waals surface area contributed by atoms with Crippen molar-refractivity contribution in [3.8, 4) is 0 Å². The van der Waals surface area contributed by atoms with E-state index >= 15 is 0 Å². The molecule has 1 radical (unpaired) electrons. The van der Waals surface area contributed by atoms with Crippen LogP contribution in [0, 0.1) is 6.42 Å². The van der Waals surface area contributed by atoms with Gasteiger partial charge in [-0.3, -0.25) is 0 Å². The highest BCUT2D eigenvalue weighted by Gasteiger charge is 1.96. The predicted molar refractivity (Wildman–Crippen MR) is 52.8 cm³/mol. The van der Waals surface area contributed by atoms with Crippen molar-refractivity contribution in [2.24, 2.45) is 0 Å². The first kappa shape index (κ1) is 9.27. The Hall–Kier alpha value is -0.820. The van der Waals surface area contributed by atoms with Crippen LogP contribution in [0.3, 0.4) is 0 Å². The zero-order valence-corrected chi connectivity index (χ0v) is 7.83. The van der Waals surface area contributed by atoms with Gasteiger partial charge in [-0.25, -0.2) is 0 Å². The lowest BCUT2D eigenvalue weighted by Gasteiger charge is -2.14. The number of hydrogen-bond acceptors (Lipinski definition) is 1. The van der Waals surface area contributed by atoms with Crippen LogP contribution in [-0.2, 0) is 6.54 Å². The molecule has 12 heavy (non-hydrogen) atoms. The maximum atomic E-state index is 2.29. The normalized spacial score (nSPS) is 10.6. The zero-order valence-electron chi connectivity index (χ0n) is 7.83. The highest BCUT2D eigenvalue weighted by molar-refractivity contribution is 5.14. The molecule has 0 saturated heterocycles. The first-order valence-corrected chi connectivity index (χ1v) is 4.33. The molecule has 1 nitrogen and oxygen atoms in total. The van der Waals surface area contributed by atoms with Crippen LogP contribution in [0.5, 0.6) is 0 Å². The second-order valence-corrected chi connectivity index (χ2v) is 3.09. The summed E-state index contributed by atoms with van der Waals surface area (Å²) in [6, 6.07) is 10.5. The molecule has 0 heterocycles. The maximum Gasteiger partial charge on any atom is 0.0230 e. The number of rotatable bonds is 4. The van der Waals surface area contributed by atoms with E-state index in [1.54, 1.807) is 0 Å². The first-order chi connectivity index (χ1) is 5.83. The summed E-state index contributed by atoms with van der Waals surface area (Å²) in [5.41, 5.74) is 1.38. The molecule has 0 spiro atoms. The van der Waals surface area contributed by atoms with Gasteiger partial charge in [0.15, 0.2) is 0 Å². The van der Waals surface area contributed by atoms with E-state index in [1.807, 2.05) is 0 Å². The average Bonchev–Trinajstić information content (AvgIpc) is 2.06. The smallest absolute Gasteiger partial charge is 0.0230 e. The van der Waals surface area contributed by atoms with Gasteiger partial charge in [0, 0.05) is 13.1 Å². The van der Waals surface area contributed by atoms with Crippen molar-refractivity contribution in [2.45, 2.75) is 13.5 Å². The Kier molecular flexibility index (Phi) is 3.81. The Labute approximate surface area is 75.0 Å². The molecule has 1 rings (SSSR count). The lowest BCUT2D eigenvalue weighted by molar-refractivity contribution is 0.353. The summed E-state index contributed by atoms with van der Waals surface area (Å²) in [6.07, 6.45) is 2.17. The molecule has 0 amide bonds. The molecule has 1 aromatic carbocycles. The van der Waals surface area contributed by atoms with Gasteiger partial charge in [-0.1, -0.05) is 37.3 Å². The summed E-state index contributed by atoms with van der Waals surface area (Å²) in [7, 11) is 2.13. The van der Waals surface area contributed by atoms with Gasteiger partial charge in [0.25, 0.3) is 0 Å². The van der Waals surface area contributed by atoms with E-state index < -0.39 is 0 Å². The molecule has 0 aliphatic heterocycles. The van der Waals surface area contributed by atoms with E-state index in [0.29, 0.717) is 0 Å². The number of benzene rings is 1. The third-order valence-electron chi connectivity index (χ3n) is 1.79. The van der Waals surface area contributed by atoms with E-state index in [9.17, 15) is 0 Å². The molecular formula is C11H16N. The SMILES string of the molecule is C[CH]CN(C)Cc1ccccc1. The minimum Gasteiger partial charge on any atom is -0.302 e. The Morgan fingerprint density at radius 2 is 1.92 bits per heavy atom. The second kappa shape index (κ2) is 4.94. The van der Waals surface area contributed by atoms with Crippen LogP contribution in [0.25, 0.3) is 0 Å². The number of hydrogen-bond donors (Lipinski definition) is 0. The Balaban J connectivity index is 2.41. The van der Waals surface area contributed by atoms with E-state index in [2.05, 4.69) is 55.6 Å². The fourth-order valence-corrected chi connectivity index (χ4v) is 1.27. The van der Waals surface area contributed by atoms with E-state index in [0.717, 1.165) is 13.1 Å². The molecule has 65 valence electrons. The van der Waals surface area contributed by atoms with Gasteiger partial charge in [0.05, 0.1) is 0 Å². The fourth-order valence-electron chi connectivity index (χ4n) is 1.27. The van der Waals surface area contributed by atoms with Crippen LogP contribution in [0.4, 0.5) is 0 Å². The molecule has 1 heteroatoms. The summed E-state index contributed by atoms with van der Waals surface area (Å²) in [5, 5.41) is 0. The molecule has 0 bridgehead atoms. The quantitative estimate of drug-likeness (QED) is 0.657. The second-order valence-electron chi connectivity index (χ2n) is 3.09. The molecule has 1 aromatic rings. The molecule has 0 fully saturated rings. The summed E-state index contributed by atoms with van der Waals surface area (Å²) in [5.74, 6) is 0. The highest BCUT2D eigenvalue weighted by Crippen LogP contribution is 2.02. The third-order valence-corrected chi connectivity index (χ3v) is 1.79.